The number of hydrogen-bond acceptors (Lipinski definition) is 0. The molecule has 0 amide bonds. The Balaban J connectivity index is 0.000000135. The van der Waals surface area contributed by atoms with E-state index in [0.717, 1.165) is 0 Å². The molecular formula is C29H29N. The molecule has 0 unspecified atom stereocenters. The Morgan fingerprint density at radius 2 is 0.867 bits per heavy atom. The van der Waals surface area contributed by atoms with Gasteiger partial charge in [0.1, 0.15) is 0 Å². The van der Waals surface area contributed by atoms with Crippen LogP contribution in [0.3, 0.4) is 0 Å². The summed E-state index contributed by atoms with van der Waals surface area (Å²) >= 11 is 0. The molecular weight excluding hydrogens is 362 g/mol. The average Bonchev–Trinajstić information content (AvgIpc) is 3.30. The lowest BCUT2D eigenvalue weighted by Gasteiger charge is -2.20. The second kappa shape index (κ2) is 8.20. The maximum absolute atomic E-state index is 3.38. The maximum atomic E-state index is 3.38. The zero-order chi connectivity index (χ0) is 21.1. The number of benzene rings is 4. The highest BCUT2D eigenvalue weighted by Crippen LogP contribution is 2.47. The Kier molecular flexibility index (Phi) is 5.46. The van der Waals surface area contributed by atoms with Gasteiger partial charge in [0.2, 0.25) is 0 Å². The lowest BCUT2D eigenvalue weighted by atomic mass is 9.82. The summed E-state index contributed by atoms with van der Waals surface area (Å²) in [6.07, 6.45) is 0. The normalized spacial score (nSPS) is 12.9. The molecule has 1 aliphatic carbocycles. The summed E-state index contributed by atoms with van der Waals surface area (Å²) in [6, 6.07) is 34.2. The average molecular weight is 392 g/mol. The van der Waals surface area contributed by atoms with E-state index >= 15 is 0 Å². The van der Waals surface area contributed by atoms with Crippen LogP contribution in [0.1, 0.15) is 38.8 Å². The van der Waals surface area contributed by atoms with Crippen molar-refractivity contribution >= 4 is 21.8 Å². The highest BCUT2D eigenvalue weighted by atomic mass is 14.7. The van der Waals surface area contributed by atoms with Crippen LogP contribution in [0.25, 0.3) is 32.9 Å². The highest BCUT2D eigenvalue weighted by Gasteiger charge is 2.34. The van der Waals surface area contributed by atoms with E-state index in [4.69, 9.17) is 0 Å². The predicted octanol–water partition coefficient (Wildman–Crippen LogP) is 8.34. The minimum absolute atomic E-state index is 0.160. The van der Waals surface area contributed by atoms with Gasteiger partial charge in [0.15, 0.2) is 0 Å². The molecule has 0 atom stereocenters. The van der Waals surface area contributed by atoms with Crippen molar-refractivity contribution in [1.82, 2.24) is 4.98 Å². The van der Waals surface area contributed by atoms with Gasteiger partial charge in [-0.05, 0) is 34.4 Å². The van der Waals surface area contributed by atoms with Crippen LogP contribution in [0.2, 0.25) is 0 Å². The Hall–Kier alpha value is -3.32. The summed E-state index contributed by atoms with van der Waals surface area (Å²) in [4.78, 5) is 3.38. The summed E-state index contributed by atoms with van der Waals surface area (Å²) in [6.45, 7) is 8.61. The molecule has 1 heterocycles. The van der Waals surface area contributed by atoms with Crippen LogP contribution in [0.4, 0.5) is 0 Å². The van der Waals surface area contributed by atoms with E-state index in [2.05, 4.69) is 116 Å². The summed E-state index contributed by atoms with van der Waals surface area (Å²) < 4.78 is 0. The summed E-state index contributed by atoms with van der Waals surface area (Å²) in [5.41, 5.74) is 8.29. The number of fused-ring (bicyclic) bond motifs is 6. The van der Waals surface area contributed by atoms with E-state index in [1.165, 1.54) is 44.1 Å². The fourth-order valence-corrected chi connectivity index (χ4v) is 4.47. The maximum Gasteiger partial charge on any atom is 0.0464 e. The zero-order valence-corrected chi connectivity index (χ0v) is 18.2. The van der Waals surface area contributed by atoms with Crippen LogP contribution < -0.4 is 0 Å². The summed E-state index contributed by atoms with van der Waals surface area (Å²) in [5, 5.41) is 2.61. The van der Waals surface area contributed by atoms with Gasteiger partial charge in [-0.25, -0.2) is 0 Å². The van der Waals surface area contributed by atoms with E-state index in [-0.39, 0.29) is 5.41 Å². The van der Waals surface area contributed by atoms with E-state index in [9.17, 15) is 0 Å². The smallest absolute Gasteiger partial charge is 0.0464 e. The van der Waals surface area contributed by atoms with Crippen LogP contribution in [-0.2, 0) is 5.41 Å². The molecule has 30 heavy (non-hydrogen) atoms. The summed E-state index contributed by atoms with van der Waals surface area (Å²) in [5.74, 6) is 0. The molecule has 1 heteroatoms. The second-order valence-corrected chi connectivity index (χ2v) is 7.93. The molecule has 1 nitrogen and oxygen atoms in total. The number of rotatable bonds is 0. The van der Waals surface area contributed by atoms with E-state index in [1.807, 2.05) is 13.8 Å². The first-order chi connectivity index (χ1) is 14.7. The summed E-state index contributed by atoms with van der Waals surface area (Å²) in [7, 11) is 0. The number of hydrogen-bond donors (Lipinski definition) is 1. The lowest BCUT2D eigenvalue weighted by molar-refractivity contribution is 0.660. The van der Waals surface area contributed by atoms with Crippen molar-refractivity contribution in [1.29, 1.82) is 0 Å². The Morgan fingerprint density at radius 1 is 0.500 bits per heavy atom. The Labute approximate surface area is 179 Å². The molecule has 0 aliphatic heterocycles. The first-order valence-electron chi connectivity index (χ1n) is 10.8. The standard InChI is InChI=1S/C15H14.C12H9N.C2H6/c1-15(2)13-9-5-3-7-11(13)12-8-4-6-10-14(12)15;1-3-7-11-9(5-1)10-6-2-4-8-12(10)13-11;1-2/h3-10H,1-2H3;1-8,13H;1-2H3. The van der Waals surface area contributed by atoms with Gasteiger partial charge in [-0.2, -0.15) is 0 Å². The van der Waals surface area contributed by atoms with Crippen molar-refractivity contribution in [2.24, 2.45) is 0 Å². The number of aromatic nitrogens is 1. The molecule has 0 saturated carbocycles. The van der Waals surface area contributed by atoms with Crippen LogP contribution in [0.15, 0.2) is 97.1 Å². The van der Waals surface area contributed by atoms with Crippen LogP contribution in [0.5, 0.6) is 0 Å². The van der Waals surface area contributed by atoms with Crippen molar-refractivity contribution in [2.45, 2.75) is 33.1 Å². The Bertz CT molecular complexity index is 1190. The van der Waals surface area contributed by atoms with Crippen molar-refractivity contribution in [2.75, 3.05) is 0 Å². The Morgan fingerprint density at radius 3 is 1.33 bits per heavy atom. The third kappa shape index (κ3) is 3.31. The van der Waals surface area contributed by atoms with Gasteiger partial charge in [-0.15, -0.1) is 0 Å². The molecule has 0 bridgehead atoms. The molecule has 0 spiro atoms. The van der Waals surface area contributed by atoms with Gasteiger partial charge < -0.3 is 4.98 Å². The molecule has 6 rings (SSSR count). The second-order valence-electron chi connectivity index (χ2n) is 7.93. The van der Waals surface area contributed by atoms with Crippen molar-refractivity contribution < 1.29 is 0 Å². The lowest BCUT2D eigenvalue weighted by Crippen LogP contribution is -2.14. The van der Waals surface area contributed by atoms with Crippen molar-refractivity contribution in [3.8, 4) is 11.1 Å². The van der Waals surface area contributed by atoms with Gasteiger partial charge in [0, 0.05) is 27.2 Å². The molecule has 4 aromatic carbocycles. The number of aromatic amines is 1. The molecule has 5 aromatic rings. The molecule has 1 aliphatic rings. The molecule has 0 saturated heterocycles. The van der Waals surface area contributed by atoms with E-state index < -0.39 is 0 Å². The van der Waals surface area contributed by atoms with Crippen LogP contribution in [-0.4, -0.2) is 4.98 Å². The van der Waals surface area contributed by atoms with Gasteiger partial charge in [-0.3, -0.25) is 0 Å². The van der Waals surface area contributed by atoms with Gasteiger partial charge in [-0.1, -0.05) is 113 Å². The molecule has 150 valence electrons. The number of nitrogens with one attached hydrogen (secondary N) is 1. The number of H-pyrrole nitrogens is 1. The van der Waals surface area contributed by atoms with E-state index in [0.29, 0.717) is 0 Å². The van der Waals surface area contributed by atoms with Gasteiger partial charge in [0.05, 0.1) is 0 Å². The SMILES string of the molecule is CC.CC1(C)c2ccccc2-c2ccccc21.c1ccc2c(c1)[nH]c1ccccc12. The van der Waals surface area contributed by atoms with Gasteiger partial charge >= 0.3 is 0 Å². The predicted molar refractivity (Wildman–Crippen MR) is 131 cm³/mol. The first kappa shape index (κ1) is 20.0. The monoisotopic (exact) mass is 391 g/mol. The minimum Gasteiger partial charge on any atom is -0.355 e. The van der Waals surface area contributed by atoms with Crippen molar-refractivity contribution in [3.63, 3.8) is 0 Å². The highest BCUT2D eigenvalue weighted by molar-refractivity contribution is 6.06. The fraction of sp³-hybridized carbons (Fsp3) is 0.172. The third-order valence-electron chi connectivity index (χ3n) is 5.90. The quantitative estimate of drug-likeness (QED) is 0.273. The molecule has 1 aromatic heterocycles. The molecule has 0 radical (unpaired) electrons. The van der Waals surface area contributed by atoms with Crippen LogP contribution in [0, 0.1) is 0 Å². The fourth-order valence-electron chi connectivity index (χ4n) is 4.47. The zero-order valence-electron chi connectivity index (χ0n) is 18.2. The third-order valence-corrected chi connectivity index (χ3v) is 5.90. The number of para-hydroxylation sites is 2. The molecule has 0 fully saturated rings. The van der Waals surface area contributed by atoms with Crippen LogP contribution >= 0.6 is 0 Å². The van der Waals surface area contributed by atoms with Crippen molar-refractivity contribution in [3.05, 3.63) is 108 Å². The van der Waals surface area contributed by atoms with Gasteiger partial charge in [0.25, 0.3) is 0 Å². The first-order valence-corrected chi connectivity index (χ1v) is 10.8. The van der Waals surface area contributed by atoms with E-state index in [1.54, 1.807) is 0 Å². The molecule has 1 N–H and O–H groups in total. The minimum atomic E-state index is 0.160. The largest absolute Gasteiger partial charge is 0.355 e. The topological polar surface area (TPSA) is 15.8 Å².